The van der Waals surface area contributed by atoms with Crippen molar-refractivity contribution in [2.24, 2.45) is 0 Å². The van der Waals surface area contributed by atoms with Gasteiger partial charge in [-0.05, 0) is 63.1 Å². The number of hydrogen-bond acceptors (Lipinski definition) is 2. The van der Waals surface area contributed by atoms with Crippen molar-refractivity contribution in [3.8, 4) is 0 Å². The van der Waals surface area contributed by atoms with Crippen molar-refractivity contribution in [2.75, 3.05) is 17.2 Å². The maximum absolute atomic E-state index is 12.5. The van der Waals surface area contributed by atoms with E-state index in [2.05, 4.69) is 16.7 Å². The van der Waals surface area contributed by atoms with E-state index in [-0.39, 0.29) is 5.91 Å². The lowest BCUT2D eigenvalue weighted by Crippen LogP contribution is -2.15. The summed E-state index contributed by atoms with van der Waals surface area (Å²) in [5.74, 6) is -0.0837. The van der Waals surface area contributed by atoms with Crippen LogP contribution in [0, 0.1) is 20.8 Å². The van der Waals surface area contributed by atoms with Crippen molar-refractivity contribution in [3.63, 3.8) is 0 Å². The third-order valence-electron chi connectivity index (χ3n) is 3.27. The van der Waals surface area contributed by atoms with Crippen molar-refractivity contribution < 1.29 is 4.79 Å². The zero-order chi connectivity index (χ0) is 15.4. The van der Waals surface area contributed by atoms with Crippen LogP contribution in [0.3, 0.4) is 0 Å². The summed E-state index contributed by atoms with van der Waals surface area (Å²) < 4.78 is 0. The van der Waals surface area contributed by atoms with Gasteiger partial charge in [-0.1, -0.05) is 17.7 Å². The highest BCUT2D eigenvalue weighted by atomic mass is 16.1. The predicted molar refractivity (Wildman–Crippen MR) is 89.2 cm³/mol. The van der Waals surface area contributed by atoms with Crippen molar-refractivity contribution in [3.05, 3.63) is 58.7 Å². The Morgan fingerprint density at radius 1 is 0.952 bits per heavy atom. The molecular formula is C18H22N2O. The van der Waals surface area contributed by atoms with Gasteiger partial charge in [0.1, 0.15) is 0 Å². The van der Waals surface area contributed by atoms with Gasteiger partial charge in [0.25, 0.3) is 5.91 Å². The minimum atomic E-state index is -0.0837. The lowest BCUT2D eigenvalue weighted by Gasteiger charge is -2.13. The number of hydrogen-bond donors (Lipinski definition) is 2. The molecule has 0 aliphatic rings. The Labute approximate surface area is 126 Å². The second-order valence-electron chi connectivity index (χ2n) is 5.41. The molecule has 0 fully saturated rings. The first-order chi connectivity index (χ1) is 9.99. The van der Waals surface area contributed by atoms with Crippen molar-refractivity contribution in [1.82, 2.24) is 0 Å². The summed E-state index contributed by atoms with van der Waals surface area (Å²) in [5.41, 5.74) is 5.73. The average Bonchev–Trinajstić information content (AvgIpc) is 2.39. The van der Waals surface area contributed by atoms with Gasteiger partial charge in [-0.2, -0.15) is 0 Å². The normalized spacial score (nSPS) is 10.3. The van der Waals surface area contributed by atoms with Crippen molar-refractivity contribution in [1.29, 1.82) is 0 Å². The molecule has 0 aromatic heterocycles. The molecule has 0 atom stereocenters. The van der Waals surface area contributed by atoms with Crippen LogP contribution in [0.4, 0.5) is 11.4 Å². The van der Waals surface area contributed by atoms with E-state index in [0.717, 1.165) is 34.6 Å². The smallest absolute Gasteiger partial charge is 0.257 e. The molecule has 0 saturated heterocycles. The minimum Gasteiger partial charge on any atom is -0.385 e. The van der Waals surface area contributed by atoms with Crippen molar-refractivity contribution in [2.45, 2.75) is 27.7 Å². The van der Waals surface area contributed by atoms with Crippen LogP contribution in [0.2, 0.25) is 0 Å². The Morgan fingerprint density at radius 3 is 2.24 bits per heavy atom. The van der Waals surface area contributed by atoms with Gasteiger partial charge < -0.3 is 10.6 Å². The Hall–Kier alpha value is -2.29. The Bertz CT molecular complexity index is 642. The number of carbonyl (C=O) groups excluding carboxylic acids is 1. The third kappa shape index (κ3) is 3.85. The SMILES string of the molecule is CCNc1ccc(C)cc1C(=O)Nc1cc(C)cc(C)c1. The first-order valence-corrected chi connectivity index (χ1v) is 7.23. The van der Waals surface area contributed by atoms with Crippen LogP contribution in [-0.2, 0) is 0 Å². The van der Waals surface area contributed by atoms with Crippen LogP contribution in [0.15, 0.2) is 36.4 Å². The molecule has 0 aliphatic heterocycles. The molecule has 0 bridgehead atoms. The number of anilines is 2. The van der Waals surface area contributed by atoms with Crippen LogP contribution >= 0.6 is 0 Å². The molecule has 0 heterocycles. The number of benzene rings is 2. The van der Waals surface area contributed by atoms with E-state index in [0.29, 0.717) is 5.56 Å². The van der Waals surface area contributed by atoms with Gasteiger partial charge in [-0.15, -0.1) is 0 Å². The van der Waals surface area contributed by atoms with E-state index in [1.165, 1.54) is 0 Å². The average molecular weight is 282 g/mol. The molecule has 1 amide bonds. The van der Waals surface area contributed by atoms with Crippen LogP contribution < -0.4 is 10.6 Å². The summed E-state index contributed by atoms with van der Waals surface area (Å²) in [6.07, 6.45) is 0. The van der Waals surface area contributed by atoms with Crippen LogP contribution in [0.25, 0.3) is 0 Å². The van der Waals surface area contributed by atoms with Gasteiger partial charge in [0.15, 0.2) is 0 Å². The fourth-order valence-electron chi connectivity index (χ4n) is 2.44. The summed E-state index contributed by atoms with van der Waals surface area (Å²) in [6, 6.07) is 11.9. The summed E-state index contributed by atoms with van der Waals surface area (Å²) in [5, 5.41) is 6.22. The standard InChI is InChI=1S/C18H22N2O/c1-5-19-17-7-6-12(2)11-16(17)18(21)20-15-9-13(3)8-14(4)10-15/h6-11,19H,5H2,1-4H3,(H,20,21). The summed E-state index contributed by atoms with van der Waals surface area (Å²) in [4.78, 5) is 12.5. The Balaban J connectivity index is 2.29. The molecule has 3 heteroatoms. The molecule has 0 spiro atoms. The minimum absolute atomic E-state index is 0.0837. The maximum atomic E-state index is 12.5. The quantitative estimate of drug-likeness (QED) is 0.878. The largest absolute Gasteiger partial charge is 0.385 e. The molecule has 0 unspecified atom stereocenters. The lowest BCUT2D eigenvalue weighted by atomic mass is 10.1. The fraction of sp³-hybridized carbons (Fsp3) is 0.278. The molecule has 0 saturated carbocycles. The van der Waals surface area contributed by atoms with E-state index in [9.17, 15) is 4.79 Å². The predicted octanol–water partition coefficient (Wildman–Crippen LogP) is 4.30. The second kappa shape index (κ2) is 6.44. The molecule has 0 radical (unpaired) electrons. The molecule has 21 heavy (non-hydrogen) atoms. The second-order valence-corrected chi connectivity index (χ2v) is 5.41. The van der Waals surface area contributed by atoms with E-state index in [1.54, 1.807) is 0 Å². The number of aryl methyl sites for hydroxylation is 3. The van der Waals surface area contributed by atoms with E-state index >= 15 is 0 Å². The van der Waals surface area contributed by atoms with Gasteiger partial charge in [-0.25, -0.2) is 0 Å². The summed E-state index contributed by atoms with van der Waals surface area (Å²) >= 11 is 0. The third-order valence-corrected chi connectivity index (χ3v) is 3.27. The first-order valence-electron chi connectivity index (χ1n) is 7.23. The van der Waals surface area contributed by atoms with Gasteiger partial charge in [0, 0.05) is 17.9 Å². The molecule has 0 aliphatic carbocycles. The Morgan fingerprint density at radius 2 is 1.62 bits per heavy atom. The molecule has 2 aromatic carbocycles. The topological polar surface area (TPSA) is 41.1 Å². The van der Waals surface area contributed by atoms with Crippen LogP contribution in [0.5, 0.6) is 0 Å². The molecule has 2 rings (SSSR count). The molecule has 2 N–H and O–H groups in total. The molecule has 110 valence electrons. The highest BCUT2D eigenvalue weighted by Crippen LogP contribution is 2.20. The monoisotopic (exact) mass is 282 g/mol. The first kappa shape index (κ1) is 15.1. The van der Waals surface area contributed by atoms with E-state index in [1.807, 2.05) is 58.0 Å². The number of nitrogens with one attached hydrogen (secondary N) is 2. The van der Waals surface area contributed by atoms with Crippen molar-refractivity contribution >= 4 is 17.3 Å². The molecule has 2 aromatic rings. The summed E-state index contributed by atoms with van der Waals surface area (Å²) in [6.45, 7) is 8.85. The van der Waals surface area contributed by atoms with Gasteiger partial charge in [0.2, 0.25) is 0 Å². The van der Waals surface area contributed by atoms with Gasteiger partial charge in [0.05, 0.1) is 5.56 Å². The molecular weight excluding hydrogens is 260 g/mol. The van der Waals surface area contributed by atoms with E-state index < -0.39 is 0 Å². The van der Waals surface area contributed by atoms with Gasteiger partial charge >= 0.3 is 0 Å². The number of amides is 1. The Kier molecular flexibility index (Phi) is 4.63. The van der Waals surface area contributed by atoms with Crippen LogP contribution in [-0.4, -0.2) is 12.5 Å². The molecule has 3 nitrogen and oxygen atoms in total. The lowest BCUT2D eigenvalue weighted by molar-refractivity contribution is 0.102. The number of carbonyl (C=O) groups is 1. The zero-order valence-electron chi connectivity index (χ0n) is 13.1. The fourth-order valence-corrected chi connectivity index (χ4v) is 2.44. The summed E-state index contributed by atoms with van der Waals surface area (Å²) in [7, 11) is 0. The van der Waals surface area contributed by atoms with Crippen LogP contribution in [0.1, 0.15) is 34.0 Å². The van der Waals surface area contributed by atoms with Gasteiger partial charge in [-0.3, -0.25) is 4.79 Å². The zero-order valence-corrected chi connectivity index (χ0v) is 13.1. The highest BCUT2D eigenvalue weighted by molar-refractivity contribution is 6.08. The number of rotatable bonds is 4. The van der Waals surface area contributed by atoms with E-state index in [4.69, 9.17) is 0 Å². The maximum Gasteiger partial charge on any atom is 0.257 e. The highest BCUT2D eigenvalue weighted by Gasteiger charge is 2.12.